The summed E-state index contributed by atoms with van der Waals surface area (Å²) in [4.78, 5) is 9.37. The van der Waals surface area contributed by atoms with E-state index in [4.69, 9.17) is 17.0 Å². The SMILES string of the molecule is Cc1ccc(N2CC(O)=C(c3nc4ccccc4[nH]3)C2=N)cc1Cl. The van der Waals surface area contributed by atoms with Crippen molar-refractivity contribution in [3.8, 4) is 0 Å². The van der Waals surface area contributed by atoms with Gasteiger partial charge in [-0.2, -0.15) is 0 Å². The van der Waals surface area contributed by atoms with Gasteiger partial charge in [-0.3, -0.25) is 5.41 Å². The van der Waals surface area contributed by atoms with Crippen molar-refractivity contribution in [3.63, 3.8) is 0 Å². The minimum atomic E-state index is 0.121. The molecule has 3 N–H and O–H groups in total. The van der Waals surface area contributed by atoms with Gasteiger partial charge in [0, 0.05) is 10.7 Å². The average molecular weight is 339 g/mol. The van der Waals surface area contributed by atoms with Crippen molar-refractivity contribution < 1.29 is 5.11 Å². The Morgan fingerprint density at radius 2 is 2.04 bits per heavy atom. The van der Waals surface area contributed by atoms with Gasteiger partial charge in [0.15, 0.2) is 0 Å². The van der Waals surface area contributed by atoms with Gasteiger partial charge in [0.1, 0.15) is 17.4 Å². The highest BCUT2D eigenvalue weighted by Gasteiger charge is 2.31. The van der Waals surface area contributed by atoms with Gasteiger partial charge in [0.05, 0.1) is 23.2 Å². The van der Waals surface area contributed by atoms with Gasteiger partial charge in [-0.25, -0.2) is 4.98 Å². The smallest absolute Gasteiger partial charge is 0.145 e. The fourth-order valence-electron chi connectivity index (χ4n) is 2.87. The second-order valence-electron chi connectivity index (χ2n) is 5.79. The average Bonchev–Trinajstić information content (AvgIpc) is 3.10. The maximum absolute atomic E-state index is 10.4. The first-order valence-electron chi connectivity index (χ1n) is 7.54. The Balaban J connectivity index is 1.73. The van der Waals surface area contributed by atoms with Crippen molar-refractivity contribution >= 4 is 39.7 Å². The summed E-state index contributed by atoms with van der Waals surface area (Å²) in [5, 5.41) is 19.5. The predicted molar refractivity (Wildman–Crippen MR) is 96.9 cm³/mol. The van der Waals surface area contributed by atoms with Gasteiger partial charge in [0.25, 0.3) is 0 Å². The summed E-state index contributed by atoms with van der Waals surface area (Å²) in [7, 11) is 0. The van der Waals surface area contributed by atoms with Crippen LogP contribution in [0.25, 0.3) is 16.6 Å². The van der Waals surface area contributed by atoms with Crippen molar-refractivity contribution in [1.82, 2.24) is 9.97 Å². The molecule has 5 nitrogen and oxygen atoms in total. The molecule has 2 aromatic carbocycles. The number of para-hydroxylation sites is 2. The van der Waals surface area contributed by atoms with Crippen LogP contribution in [-0.4, -0.2) is 27.5 Å². The van der Waals surface area contributed by atoms with Gasteiger partial charge in [-0.1, -0.05) is 29.8 Å². The number of nitrogens with zero attached hydrogens (tertiary/aromatic N) is 2. The van der Waals surface area contributed by atoms with E-state index in [-0.39, 0.29) is 18.1 Å². The lowest BCUT2D eigenvalue weighted by Gasteiger charge is -2.19. The van der Waals surface area contributed by atoms with Crippen LogP contribution in [0.15, 0.2) is 48.2 Å². The van der Waals surface area contributed by atoms with Gasteiger partial charge < -0.3 is 15.0 Å². The normalized spacial score (nSPS) is 14.9. The van der Waals surface area contributed by atoms with E-state index in [1.54, 1.807) is 11.0 Å². The molecule has 2 heterocycles. The molecule has 0 bridgehead atoms. The number of hydrogen-bond donors (Lipinski definition) is 3. The third-order valence-electron chi connectivity index (χ3n) is 4.20. The maximum Gasteiger partial charge on any atom is 0.145 e. The minimum absolute atomic E-state index is 0.121. The van der Waals surface area contributed by atoms with E-state index in [1.165, 1.54) is 0 Å². The molecule has 4 rings (SSSR count). The van der Waals surface area contributed by atoms with Gasteiger partial charge in [0.2, 0.25) is 0 Å². The standard InChI is InChI=1S/C18H15ClN4O/c1-10-6-7-11(8-12(10)19)23-9-15(24)16(17(23)20)18-21-13-4-2-3-5-14(13)22-18/h2-8,20,24H,9H2,1H3,(H,21,22). The Morgan fingerprint density at radius 3 is 2.79 bits per heavy atom. The zero-order valence-electron chi connectivity index (χ0n) is 13.0. The summed E-state index contributed by atoms with van der Waals surface area (Å²) in [6.07, 6.45) is 0. The van der Waals surface area contributed by atoms with Gasteiger partial charge in [-0.15, -0.1) is 0 Å². The number of fused-ring (bicyclic) bond motifs is 1. The van der Waals surface area contributed by atoms with Crippen molar-refractivity contribution in [1.29, 1.82) is 5.41 Å². The Bertz CT molecular complexity index is 972. The van der Waals surface area contributed by atoms with Crippen LogP contribution in [-0.2, 0) is 0 Å². The van der Waals surface area contributed by atoms with E-state index in [1.807, 2.05) is 43.3 Å². The van der Waals surface area contributed by atoms with Crippen LogP contribution in [0.1, 0.15) is 11.4 Å². The molecular formula is C18H15ClN4O. The molecule has 0 radical (unpaired) electrons. The van der Waals surface area contributed by atoms with Crippen LogP contribution in [0.4, 0.5) is 5.69 Å². The van der Waals surface area contributed by atoms with E-state index in [9.17, 15) is 5.11 Å². The van der Waals surface area contributed by atoms with Crippen LogP contribution >= 0.6 is 11.6 Å². The summed E-state index contributed by atoms with van der Waals surface area (Å²) >= 11 is 6.19. The minimum Gasteiger partial charge on any atom is -0.509 e. The Kier molecular flexibility index (Phi) is 3.32. The first kappa shape index (κ1) is 14.8. The number of aromatic amines is 1. The molecule has 0 saturated heterocycles. The number of rotatable bonds is 2. The van der Waals surface area contributed by atoms with Crippen LogP contribution in [0, 0.1) is 12.3 Å². The number of benzene rings is 2. The number of aliphatic hydroxyl groups excluding tert-OH is 1. The van der Waals surface area contributed by atoms with E-state index in [2.05, 4.69) is 9.97 Å². The lowest BCUT2D eigenvalue weighted by molar-refractivity contribution is 0.411. The van der Waals surface area contributed by atoms with E-state index in [0.717, 1.165) is 22.3 Å². The topological polar surface area (TPSA) is 76.0 Å². The lowest BCUT2D eigenvalue weighted by atomic mass is 10.2. The molecule has 1 aliphatic heterocycles. The fraction of sp³-hybridized carbons (Fsp3) is 0.111. The largest absolute Gasteiger partial charge is 0.509 e. The molecule has 0 aliphatic carbocycles. The van der Waals surface area contributed by atoms with Crippen molar-refractivity contribution in [2.75, 3.05) is 11.4 Å². The number of H-pyrrole nitrogens is 1. The monoisotopic (exact) mass is 338 g/mol. The van der Waals surface area contributed by atoms with E-state index in [0.29, 0.717) is 16.4 Å². The number of halogens is 1. The second kappa shape index (κ2) is 5.39. The lowest BCUT2D eigenvalue weighted by Crippen LogP contribution is -2.26. The molecule has 6 heteroatoms. The molecule has 1 aliphatic rings. The summed E-state index contributed by atoms with van der Waals surface area (Å²) in [5.41, 5.74) is 3.84. The molecule has 0 amide bonds. The molecular weight excluding hydrogens is 324 g/mol. The number of aliphatic hydroxyl groups is 1. The van der Waals surface area contributed by atoms with E-state index < -0.39 is 0 Å². The molecule has 0 atom stereocenters. The highest BCUT2D eigenvalue weighted by molar-refractivity contribution is 6.33. The molecule has 120 valence electrons. The number of amidine groups is 1. The molecule has 3 aromatic rings. The van der Waals surface area contributed by atoms with Crippen LogP contribution in [0.5, 0.6) is 0 Å². The molecule has 0 fully saturated rings. The number of imidazole rings is 1. The van der Waals surface area contributed by atoms with Gasteiger partial charge >= 0.3 is 0 Å². The quantitative estimate of drug-likeness (QED) is 0.652. The molecule has 0 saturated carbocycles. The van der Waals surface area contributed by atoms with Crippen molar-refractivity contribution in [2.24, 2.45) is 0 Å². The number of hydrogen-bond acceptors (Lipinski definition) is 3. The van der Waals surface area contributed by atoms with Crippen molar-refractivity contribution in [3.05, 3.63) is 64.6 Å². The first-order chi connectivity index (χ1) is 11.5. The number of nitrogens with one attached hydrogen (secondary N) is 2. The summed E-state index contributed by atoms with van der Waals surface area (Å²) < 4.78 is 0. The van der Waals surface area contributed by atoms with Crippen LogP contribution in [0.2, 0.25) is 5.02 Å². The molecule has 0 unspecified atom stereocenters. The Hall–Kier alpha value is -2.79. The highest BCUT2D eigenvalue weighted by atomic mass is 35.5. The third kappa shape index (κ3) is 2.25. The van der Waals surface area contributed by atoms with Crippen LogP contribution < -0.4 is 4.90 Å². The molecule has 1 aromatic heterocycles. The number of anilines is 1. The first-order valence-corrected chi connectivity index (χ1v) is 7.92. The second-order valence-corrected chi connectivity index (χ2v) is 6.20. The predicted octanol–water partition coefficient (Wildman–Crippen LogP) is 4.29. The fourth-order valence-corrected chi connectivity index (χ4v) is 3.04. The summed E-state index contributed by atoms with van der Waals surface area (Å²) in [5.74, 6) is 0.821. The number of aryl methyl sites for hydroxylation is 1. The highest BCUT2D eigenvalue weighted by Crippen LogP contribution is 2.32. The molecule has 24 heavy (non-hydrogen) atoms. The zero-order chi connectivity index (χ0) is 16.8. The van der Waals surface area contributed by atoms with Crippen molar-refractivity contribution in [2.45, 2.75) is 6.92 Å². The molecule has 0 spiro atoms. The Morgan fingerprint density at radius 1 is 1.25 bits per heavy atom. The van der Waals surface area contributed by atoms with Gasteiger partial charge in [-0.05, 0) is 36.8 Å². The van der Waals surface area contributed by atoms with Crippen LogP contribution in [0.3, 0.4) is 0 Å². The summed E-state index contributed by atoms with van der Waals surface area (Å²) in [6.45, 7) is 2.15. The summed E-state index contributed by atoms with van der Waals surface area (Å²) in [6, 6.07) is 13.2. The third-order valence-corrected chi connectivity index (χ3v) is 4.60. The zero-order valence-corrected chi connectivity index (χ0v) is 13.7. The number of aromatic nitrogens is 2. The maximum atomic E-state index is 10.4. The Labute approximate surface area is 143 Å². The van der Waals surface area contributed by atoms with E-state index >= 15 is 0 Å².